The van der Waals surface area contributed by atoms with Crippen LogP contribution in [-0.4, -0.2) is 46.8 Å². The van der Waals surface area contributed by atoms with Gasteiger partial charge in [0, 0.05) is 32.0 Å². The van der Waals surface area contributed by atoms with Gasteiger partial charge in [-0.3, -0.25) is 14.8 Å². The predicted octanol–water partition coefficient (Wildman–Crippen LogP) is 0.266. The third kappa shape index (κ3) is 2.70. The second-order valence-electron chi connectivity index (χ2n) is 4.91. The Balaban J connectivity index is 2.12. The number of hydrogen-bond acceptors (Lipinski definition) is 4. The molecule has 18 heavy (non-hydrogen) atoms. The zero-order valence-electron chi connectivity index (χ0n) is 10.7. The highest BCUT2D eigenvalue weighted by molar-refractivity contribution is 5.75. The van der Waals surface area contributed by atoms with Gasteiger partial charge >= 0.3 is 0 Å². The van der Waals surface area contributed by atoms with Gasteiger partial charge in [-0.1, -0.05) is 0 Å². The number of methoxy groups -OCH3 is 1. The number of likely N-dealkylation sites (tertiary alicyclic amines) is 1. The quantitative estimate of drug-likeness (QED) is 0.761. The SMILES string of the molecule is COC[C@@]1(CC(N)=O)CCCN1Cc1ccn[nH]1. The first-order valence-corrected chi connectivity index (χ1v) is 6.17. The third-order valence-corrected chi connectivity index (χ3v) is 3.58. The molecule has 2 rings (SSSR count). The first kappa shape index (κ1) is 13.0. The fourth-order valence-electron chi connectivity index (χ4n) is 2.83. The molecule has 1 saturated heterocycles. The van der Waals surface area contributed by atoms with Gasteiger partial charge in [-0.25, -0.2) is 0 Å². The standard InChI is InChI=1S/C12H20N4O2/c1-18-9-12(7-11(13)17)4-2-6-16(12)8-10-3-5-14-15-10/h3,5H,2,4,6-9H2,1H3,(H2,13,17)(H,14,15)/t12-/m0/s1. The number of H-pyrrole nitrogens is 1. The van der Waals surface area contributed by atoms with E-state index in [1.54, 1.807) is 13.3 Å². The van der Waals surface area contributed by atoms with E-state index in [2.05, 4.69) is 15.1 Å². The summed E-state index contributed by atoms with van der Waals surface area (Å²) < 4.78 is 5.30. The number of nitrogens with two attached hydrogens (primary N) is 1. The monoisotopic (exact) mass is 252 g/mol. The molecule has 0 unspecified atom stereocenters. The van der Waals surface area contributed by atoms with Crippen molar-refractivity contribution in [1.82, 2.24) is 15.1 Å². The smallest absolute Gasteiger partial charge is 0.219 e. The summed E-state index contributed by atoms with van der Waals surface area (Å²) in [5.41, 5.74) is 6.17. The van der Waals surface area contributed by atoms with Crippen molar-refractivity contribution < 1.29 is 9.53 Å². The van der Waals surface area contributed by atoms with Crippen LogP contribution in [0, 0.1) is 0 Å². The van der Waals surface area contributed by atoms with Crippen LogP contribution in [0.5, 0.6) is 0 Å². The summed E-state index contributed by atoms with van der Waals surface area (Å²) in [6, 6.07) is 1.94. The zero-order valence-corrected chi connectivity index (χ0v) is 10.7. The average molecular weight is 252 g/mol. The molecule has 1 aromatic heterocycles. The van der Waals surface area contributed by atoms with Crippen LogP contribution in [0.25, 0.3) is 0 Å². The lowest BCUT2D eigenvalue weighted by Gasteiger charge is -2.37. The minimum atomic E-state index is -0.274. The van der Waals surface area contributed by atoms with Crippen molar-refractivity contribution in [1.29, 1.82) is 0 Å². The van der Waals surface area contributed by atoms with Crippen LogP contribution in [0.4, 0.5) is 0 Å². The average Bonchev–Trinajstić information content (AvgIpc) is 2.91. The van der Waals surface area contributed by atoms with Crippen LogP contribution in [0.1, 0.15) is 25.0 Å². The summed E-state index contributed by atoms with van der Waals surface area (Å²) in [5, 5.41) is 6.89. The van der Waals surface area contributed by atoms with Gasteiger partial charge < -0.3 is 10.5 Å². The fourth-order valence-corrected chi connectivity index (χ4v) is 2.83. The molecular formula is C12H20N4O2. The van der Waals surface area contributed by atoms with Crippen LogP contribution >= 0.6 is 0 Å². The van der Waals surface area contributed by atoms with E-state index in [1.807, 2.05) is 6.07 Å². The van der Waals surface area contributed by atoms with E-state index >= 15 is 0 Å². The first-order valence-electron chi connectivity index (χ1n) is 6.17. The lowest BCUT2D eigenvalue weighted by atomic mass is 9.92. The van der Waals surface area contributed by atoms with Crippen molar-refractivity contribution in [3.63, 3.8) is 0 Å². The number of hydrogen-bond donors (Lipinski definition) is 2. The molecule has 100 valence electrons. The molecular weight excluding hydrogens is 232 g/mol. The highest BCUT2D eigenvalue weighted by Gasteiger charge is 2.42. The first-order chi connectivity index (χ1) is 8.66. The maximum atomic E-state index is 11.3. The van der Waals surface area contributed by atoms with Crippen molar-refractivity contribution in [2.45, 2.75) is 31.3 Å². The van der Waals surface area contributed by atoms with Gasteiger partial charge in [0.25, 0.3) is 0 Å². The molecule has 0 spiro atoms. The van der Waals surface area contributed by atoms with Gasteiger partial charge in [-0.2, -0.15) is 5.10 Å². The third-order valence-electron chi connectivity index (χ3n) is 3.58. The number of primary amides is 1. The molecule has 1 aliphatic heterocycles. The van der Waals surface area contributed by atoms with Gasteiger partial charge in [0.15, 0.2) is 0 Å². The molecule has 1 aromatic rings. The number of ether oxygens (including phenoxy) is 1. The van der Waals surface area contributed by atoms with Crippen LogP contribution in [0.2, 0.25) is 0 Å². The molecule has 0 aromatic carbocycles. The molecule has 0 radical (unpaired) electrons. The van der Waals surface area contributed by atoms with E-state index in [4.69, 9.17) is 10.5 Å². The van der Waals surface area contributed by atoms with Crippen LogP contribution in [-0.2, 0) is 16.1 Å². The predicted molar refractivity (Wildman–Crippen MR) is 66.7 cm³/mol. The number of amides is 1. The number of nitrogens with zero attached hydrogens (tertiary/aromatic N) is 2. The van der Waals surface area contributed by atoms with E-state index in [9.17, 15) is 4.79 Å². The molecule has 1 aliphatic rings. The van der Waals surface area contributed by atoms with Crippen molar-refractivity contribution in [2.24, 2.45) is 5.73 Å². The molecule has 6 nitrogen and oxygen atoms in total. The van der Waals surface area contributed by atoms with Gasteiger partial charge in [0.1, 0.15) is 0 Å². The van der Waals surface area contributed by atoms with E-state index < -0.39 is 0 Å². The topological polar surface area (TPSA) is 84.2 Å². The summed E-state index contributed by atoms with van der Waals surface area (Å²) in [6.45, 7) is 2.23. The Labute approximate surface area is 106 Å². The molecule has 3 N–H and O–H groups in total. The number of carbonyl (C=O) groups excluding carboxylic acids is 1. The molecule has 1 fully saturated rings. The van der Waals surface area contributed by atoms with Crippen molar-refractivity contribution in [3.8, 4) is 0 Å². The lowest BCUT2D eigenvalue weighted by Crippen LogP contribution is -2.49. The van der Waals surface area contributed by atoms with Gasteiger partial charge in [0.2, 0.25) is 5.91 Å². The number of rotatable bonds is 6. The molecule has 1 atom stereocenters. The Morgan fingerprint density at radius 2 is 2.56 bits per heavy atom. The second-order valence-corrected chi connectivity index (χ2v) is 4.91. The molecule has 2 heterocycles. The molecule has 0 aliphatic carbocycles. The molecule has 6 heteroatoms. The summed E-state index contributed by atoms with van der Waals surface area (Å²) in [4.78, 5) is 13.6. The van der Waals surface area contributed by atoms with Crippen molar-refractivity contribution >= 4 is 5.91 Å². The number of aromatic amines is 1. The van der Waals surface area contributed by atoms with Gasteiger partial charge in [0.05, 0.1) is 12.1 Å². The van der Waals surface area contributed by atoms with E-state index in [0.29, 0.717) is 13.0 Å². The Hall–Kier alpha value is -1.40. The highest BCUT2D eigenvalue weighted by Crippen LogP contribution is 2.33. The summed E-state index contributed by atoms with van der Waals surface area (Å²) in [5.74, 6) is -0.274. The van der Waals surface area contributed by atoms with Crippen molar-refractivity contribution in [3.05, 3.63) is 18.0 Å². The highest BCUT2D eigenvalue weighted by atomic mass is 16.5. The largest absolute Gasteiger partial charge is 0.383 e. The maximum Gasteiger partial charge on any atom is 0.219 e. The Kier molecular flexibility index (Phi) is 3.98. The van der Waals surface area contributed by atoms with Crippen LogP contribution < -0.4 is 5.73 Å². The number of nitrogens with one attached hydrogen (secondary N) is 1. The Morgan fingerprint density at radius 1 is 1.72 bits per heavy atom. The summed E-state index contributed by atoms with van der Waals surface area (Å²) in [6.07, 6.45) is 4.08. The maximum absolute atomic E-state index is 11.3. The molecule has 0 bridgehead atoms. The Morgan fingerprint density at radius 3 is 3.17 bits per heavy atom. The lowest BCUT2D eigenvalue weighted by molar-refractivity contribution is -0.121. The Bertz CT molecular complexity index is 393. The van der Waals surface area contributed by atoms with Crippen LogP contribution in [0.15, 0.2) is 12.3 Å². The van der Waals surface area contributed by atoms with Crippen LogP contribution in [0.3, 0.4) is 0 Å². The van der Waals surface area contributed by atoms with Gasteiger partial charge in [-0.15, -0.1) is 0 Å². The summed E-state index contributed by atoms with van der Waals surface area (Å²) >= 11 is 0. The number of carbonyl (C=O) groups is 1. The van der Waals surface area contributed by atoms with E-state index in [-0.39, 0.29) is 11.4 Å². The van der Waals surface area contributed by atoms with E-state index in [0.717, 1.165) is 31.6 Å². The normalized spacial score (nSPS) is 24.5. The minimum absolute atomic E-state index is 0.258. The summed E-state index contributed by atoms with van der Waals surface area (Å²) in [7, 11) is 1.66. The number of aromatic nitrogens is 2. The zero-order chi connectivity index (χ0) is 13.0. The van der Waals surface area contributed by atoms with E-state index in [1.165, 1.54) is 0 Å². The molecule has 0 saturated carbocycles. The minimum Gasteiger partial charge on any atom is -0.383 e. The van der Waals surface area contributed by atoms with Crippen molar-refractivity contribution in [2.75, 3.05) is 20.3 Å². The molecule has 1 amide bonds. The van der Waals surface area contributed by atoms with Gasteiger partial charge in [-0.05, 0) is 25.5 Å². The second kappa shape index (κ2) is 5.49. The fraction of sp³-hybridized carbons (Fsp3) is 0.667.